The fraction of sp³-hybridized carbons (Fsp3) is 0.391. The molecule has 0 aromatic heterocycles. The van der Waals surface area contributed by atoms with Gasteiger partial charge in [-0.25, -0.2) is 0 Å². The van der Waals surface area contributed by atoms with Gasteiger partial charge in [0, 0.05) is 49.5 Å². The molecule has 28 heavy (non-hydrogen) atoms. The summed E-state index contributed by atoms with van der Waals surface area (Å²) in [6, 6.07) is 15.6. The van der Waals surface area contributed by atoms with Crippen LogP contribution in [0.4, 0.5) is 11.4 Å². The van der Waals surface area contributed by atoms with E-state index in [0.717, 1.165) is 49.4 Å². The Morgan fingerprint density at radius 3 is 2.36 bits per heavy atom. The van der Waals surface area contributed by atoms with Crippen LogP contribution in [0.1, 0.15) is 49.0 Å². The molecule has 1 aliphatic heterocycles. The Balaban J connectivity index is 1.55. The van der Waals surface area contributed by atoms with Gasteiger partial charge in [0.2, 0.25) is 5.91 Å². The van der Waals surface area contributed by atoms with Crippen LogP contribution in [0.15, 0.2) is 48.5 Å². The Morgan fingerprint density at radius 2 is 1.79 bits per heavy atom. The molecule has 1 fully saturated rings. The molecule has 0 radical (unpaired) electrons. The molecule has 0 bridgehead atoms. The quantitative estimate of drug-likeness (QED) is 0.755. The van der Waals surface area contributed by atoms with Crippen molar-refractivity contribution in [2.24, 2.45) is 0 Å². The minimum Gasteiger partial charge on any atom is -0.372 e. The SMILES string of the molecule is CCCN(CC)c1ccc(C(=O)NCc2ccc(N3CCCC3=O)cc2)cc1. The van der Waals surface area contributed by atoms with E-state index in [1.807, 2.05) is 53.4 Å². The molecule has 1 heterocycles. The van der Waals surface area contributed by atoms with Crippen molar-refractivity contribution in [1.29, 1.82) is 0 Å². The predicted molar refractivity (Wildman–Crippen MR) is 114 cm³/mol. The minimum absolute atomic E-state index is 0.0797. The van der Waals surface area contributed by atoms with E-state index >= 15 is 0 Å². The molecular formula is C23H29N3O2. The van der Waals surface area contributed by atoms with E-state index in [4.69, 9.17) is 0 Å². The van der Waals surface area contributed by atoms with E-state index in [-0.39, 0.29) is 11.8 Å². The van der Waals surface area contributed by atoms with Crippen LogP contribution in [-0.2, 0) is 11.3 Å². The first-order valence-electron chi connectivity index (χ1n) is 10.1. The molecule has 0 saturated carbocycles. The van der Waals surface area contributed by atoms with E-state index in [2.05, 4.69) is 24.1 Å². The third kappa shape index (κ3) is 4.71. The molecule has 5 heteroatoms. The molecule has 2 aromatic rings. The number of carbonyl (C=O) groups is 2. The Labute approximate surface area is 167 Å². The topological polar surface area (TPSA) is 52.7 Å². The summed E-state index contributed by atoms with van der Waals surface area (Å²) in [5.74, 6) is 0.106. The standard InChI is InChI=1S/C23H29N3O2/c1-3-15-25(4-2)20-13-9-19(10-14-20)23(28)24-17-18-7-11-21(12-8-18)26-16-5-6-22(26)27/h7-14H,3-6,15-17H2,1-2H3,(H,24,28). The molecule has 2 aromatic carbocycles. The highest BCUT2D eigenvalue weighted by atomic mass is 16.2. The summed E-state index contributed by atoms with van der Waals surface area (Å²) in [5.41, 5.74) is 3.75. The highest BCUT2D eigenvalue weighted by Crippen LogP contribution is 2.21. The van der Waals surface area contributed by atoms with Crippen molar-refractivity contribution in [2.45, 2.75) is 39.7 Å². The molecule has 3 rings (SSSR count). The van der Waals surface area contributed by atoms with Crippen LogP contribution in [0, 0.1) is 0 Å². The summed E-state index contributed by atoms with van der Waals surface area (Å²) in [5, 5.41) is 2.97. The summed E-state index contributed by atoms with van der Waals surface area (Å²) in [7, 11) is 0. The first-order valence-corrected chi connectivity index (χ1v) is 10.1. The number of carbonyl (C=O) groups excluding carboxylic acids is 2. The summed E-state index contributed by atoms with van der Waals surface area (Å²) in [6.07, 6.45) is 2.65. The van der Waals surface area contributed by atoms with Crippen molar-refractivity contribution in [3.8, 4) is 0 Å². The monoisotopic (exact) mass is 379 g/mol. The van der Waals surface area contributed by atoms with Gasteiger partial charge in [-0.15, -0.1) is 0 Å². The maximum Gasteiger partial charge on any atom is 0.251 e. The van der Waals surface area contributed by atoms with Crippen molar-refractivity contribution in [3.05, 3.63) is 59.7 Å². The molecule has 0 atom stereocenters. The van der Waals surface area contributed by atoms with Gasteiger partial charge < -0.3 is 15.1 Å². The van der Waals surface area contributed by atoms with Gasteiger partial charge in [0.05, 0.1) is 0 Å². The third-order valence-corrected chi connectivity index (χ3v) is 5.14. The summed E-state index contributed by atoms with van der Waals surface area (Å²) < 4.78 is 0. The van der Waals surface area contributed by atoms with Gasteiger partial charge in [0.15, 0.2) is 0 Å². The molecule has 1 aliphatic rings. The molecule has 1 saturated heterocycles. The van der Waals surface area contributed by atoms with Crippen LogP contribution in [-0.4, -0.2) is 31.4 Å². The fourth-order valence-electron chi connectivity index (χ4n) is 3.56. The van der Waals surface area contributed by atoms with Gasteiger partial charge in [-0.3, -0.25) is 9.59 Å². The van der Waals surface area contributed by atoms with E-state index in [9.17, 15) is 9.59 Å². The minimum atomic E-state index is -0.0797. The molecule has 0 aliphatic carbocycles. The number of hydrogen-bond donors (Lipinski definition) is 1. The maximum absolute atomic E-state index is 12.4. The van der Waals surface area contributed by atoms with Crippen LogP contribution < -0.4 is 15.1 Å². The zero-order chi connectivity index (χ0) is 19.9. The number of anilines is 2. The largest absolute Gasteiger partial charge is 0.372 e. The van der Waals surface area contributed by atoms with E-state index in [0.29, 0.717) is 18.5 Å². The number of nitrogens with zero attached hydrogens (tertiary/aromatic N) is 2. The average Bonchev–Trinajstić information content (AvgIpc) is 3.16. The van der Waals surface area contributed by atoms with Crippen LogP contribution in [0.5, 0.6) is 0 Å². The fourth-order valence-corrected chi connectivity index (χ4v) is 3.56. The van der Waals surface area contributed by atoms with E-state index in [1.54, 1.807) is 0 Å². The molecule has 1 N–H and O–H groups in total. The first kappa shape index (κ1) is 19.9. The smallest absolute Gasteiger partial charge is 0.251 e. The number of benzene rings is 2. The summed E-state index contributed by atoms with van der Waals surface area (Å²) >= 11 is 0. The van der Waals surface area contributed by atoms with Crippen molar-refractivity contribution < 1.29 is 9.59 Å². The Bertz CT molecular complexity index is 800. The molecule has 0 unspecified atom stereocenters. The van der Waals surface area contributed by atoms with E-state index < -0.39 is 0 Å². The zero-order valence-electron chi connectivity index (χ0n) is 16.8. The maximum atomic E-state index is 12.4. The Morgan fingerprint density at radius 1 is 1.07 bits per heavy atom. The van der Waals surface area contributed by atoms with Crippen molar-refractivity contribution in [2.75, 3.05) is 29.4 Å². The lowest BCUT2D eigenvalue weighted by Gasteiger charge is -2.22. The Kier molecular flexibility index (Phi) is 6.69. The number of amides is 2. The normalized spacial score (nSPS) is 13.6. The molecular weight excluding hydrogens is 350 g/mol. The van der Waals surface area contributed by atoms with Crippen LogP contribution in [0.2, 0.25) is 0 Å². The van der Waals surface area contributed by atoms with E-state index in [1.165, 1.54) is 0 Å². The van der Waals surface area contributed by atoms with Crippen LogP contribution in [0.25, 0.3) is 0 Å². The lowest BCUT2D eigenvalue weighted by atomic mass is 10.1. The highest BCUT2D eigenvalue weighted by Gasteiger charge is 2.21. The van der Waals surface area contributed by atoms with Crippen molar-refractivity contribution >= 4 is 23.2 Å². The number of nitrogens with one attached hydrogen (secondary N) is 1. The summed E-state index contributed by atoms with van der Waals surface area (Å²) in [6.45, 7) is 7.53. The van der Waals surface area contributed by atoms with Gasteiger partial charge >= 0.3 is 0 Å². The van der Waals surface area contributed by atoms with Crippen molar-refractivity contribution in [3.63, 3.8) is 0 Å². The lowest BCUT2D eigenvalue weighted by molar-refractivity contribution is -0.117. The summed E-state index contributed by atoms with van der Waals surface area (Å²) in [4.78, 5) is 28.4. The average molecular weight is 380 g/mol. The lowest BCUT2D eigenvalue weighted by Crippen LogP contribution is -2.25. The van der Waals surface area contributed by atoms with Gasteiger partial charge in [-0.2, -0.15) is 0 Å². The van der Waals surface area contributed by atoms with Gasteiger partial charge in [0.25, 0.3) is 5.91 Å². The molecule has 5 nitrogen and oxygen atoms in total. The second kappa shape index (κ2) is 9.40. The third-order valence-electron chi connectivity index (χ3n) is 5.14. The highest BCUT2D eigenvalue weighted by molar-refractivity contribution is 5.95. The van der Waals surface area contributed by atoms with Gasteiger partial charge in [-0.05, 0) is 61.7 Å². The second-order valence-electron chi connectivity index (χ2n) is 7.12. The van der Waals surface area contributed by atoms with Gasteiger partial charge in [0.1, 0.15) is 0 Å². The predicted octanol–water partition coefficient (Wildman–Crippen LogP) is 3.98. The number of hydrogen-bond acceptors (Lipinski definition) is 3. The zero-order valence-corrected chi connectivity index (χ0v) is 16.8. The van der Waals surface area contributed by atoms with Crippen LogP contribution in [0.3, 0.4) is 0 Å². The van der Waals surface area contributed by atoms with Crippen molar-refractivity contribution in [1.82, 2.24) is 5.32 Å². The van der Waals surface area contributed by atoms with Gasteiger partial charge in [-0.1, -0.05) is 19.1 Å². The first-order chi connectivity index (χ1) is 13.6. The number of rotatable bonds is 8. The molecule has 0 spiro atoms. The molecule has 2 amide bonds. The second-order valence-corrected chi connectivity index (χ2v) is 7.12. The Hall–Kier alpha value is -2.82. The molecule has 148 valence electrons. The van der Waals surface area contributed by atoms with Crippen LogP contribution >= 0.6 is 0 Å².